The molecule has 0 bridgehead atoms. The molecule has 2 aromatic heterocycles. The van der Waals surface area contributed by atoms with Gasteiger partial charge in [-0.1, -0.05) is 0 Å². The van der Waals surface area contributed by atoms with E-state index in [-0.39, 0.29) is 33.1 Å². The van der Waals surface area contributed by atoms with Crippen molar-refractivity contribution in [1.82, 2.24) is 20.1 Å². The van der Waals surface area contributed by atoms with Gasteiger partial charge in [0.1, 0.15) is 22.8 Å². The highest BCUT2D eigenvalue weighted by Gasteiger charge is 2.23. The zero-order valence-corrected chi connectivity index (χ0v) is 17.5. The summed E-state index contributed by atoms with van der Waals surface area (Å²) in [6.07, 6.45) is 1.45. The number of rotatable bonds is 5. The minimum Gasteiger partial charge on any atom is -0.439 e. The van der Waals surface area contributed by atoms with Gasteiger partial charge in [-0.25, -0.2) is 14.1 Å². The lowest BCUT2D eigenvalue weighted by atomic mass is 10.2. The van der Waals surface area contributed by atoms with Gasteiger partial charge < -0.3 is 10.1 Å². The van der Waals surface area contributed by atoms with Crippen LogP contribution in [0.15, 0.2) is 59.2 Å². The number of nitro groups is 1. The summed E-state index contributed by atoms with van der Waals surface area (Å²) in [5, 5.41) is 18.6. The van der Waals surface area contributed by atoms with Crippen LogP contribution >= 0.6 is 15.9 Å². The second-order valence-corrected chi connectivity index (χ2v) is 7.18. The maximum atomic E-state index is 13.0. The number of nitrogens with one attached hydrogen (secondary N) is 1. The quantitative estimate of drug-likeness (QED) is 0.331. The molecule has 0 atom stereocenters. The number of carbonyl (C=O) groups is 1. The number of ether oxygens (including phenoxy) is 1. The number of hydrogen-bond donors (Lipinski definition) is 1. The Morgan fingerprint density at radius 1 is 1.23 bits per heavy atom. The Balaban J connectivity index is 1.76. The summed E-state index contributed by atoms with van der Waals surface area (Å²) < 4.78 is 20.2. The summed E-state index contributed by atoms with van der Waals surface area (Å²) >= 11 is 3.17. The Bertz CT molecular complexity index is 1310. The number of pyridine rings is 1. The van der Waals surface area contributed by atoms with Gasteiger partial charge in [0.05, 0.1) is 21.3 Å². The van der Waals surface area contributed by atoms with Crippen molar-refractivity contribution in [2.45, 2.75) is 0 Å². The van der Waals surface area contributed by atoms with E-state index in [1.807, 2.05) is 0 Å². The van der Waals surface area contributed by atoms with E-state index < -0.39 is 10.8 Å². The minimum atomic E-state index is -0.536. The number of fused-ring (bicyclic) bond motifs is 1. The van der Waals surface area contributed by atoms with Crippen LogP contribution < -0.4 is 10.1 Å². The minimum absolute atomic E-state index is 0.165. The predicted molar refractivity (Wildman–Crippen MR) is 113 cm³/mol. The molecule has 0 aliphatic carbocycles. The Morgan fingerprint density at radius 3 is 2.58 bits per heavy atom. The predicted octanol–water partition coefficient (Wildman–Crippen LogP) is 4.38. The summed E-state index contributed by atoms with van der Waals surface area (Å²) in [6, 6.07) is 11.5. The largest absolute Gasteiger partial charge is 0.439 e. The van der Waals surface area contributed by atoms with E-state index in [4.69, 9.17) is 4.74 Å². The fourth-order valence-electron chi connectivity index (χ4n) is 2.94. The zero-order valence-electron chi connectivity index (χ0n) is 15.9. The molecule has 11 heteroatoms. The number of nitrogens with zero attached hydrogens (tertiary/aromatic N) is 4. The molecule has 1 N–H and O–H groups in total. The van der Waals surface area contributed by atoms with Gasteiger partial charge in [-0.05, 0) is 52.3 Å². The van der Waals surface area contributed by atoms with Crippen molar-refractivity contribution >= 4 is 38.4 Å². The molecule has 1 amide bonds. The van der Waals surface area contributed by atoms with E-state index in [0.717, 1.165) is 0 Å². The molecule has 0 saturated heterocycles. The highest BCUT2D eigenvalue weighted by atomic mass is 79.9. The molecule has 4 aromatic rings. The number of benzene rings is 2. The Labute approximate surface area is 182 Å². The molecule has 0 aliphatic rings. The summed E-state index contributed by atoms with van der Waals surface area (Å²) in [6.45, 7) is 0. The van der Waals surface area contributed by atoms with Gasteiger partial charge in [0.2, 0.25) is 5.88 Å². The fourth-order valence-corrected chi connectivity index (χ4v) is 3.43. The van der Waals surface area contributed by atoms with E-state index in [1.54, 1.807) is 12.1 Å². The van der Waals surface area contributed by atoms with Gasteiger partial charge in [-0.2, -0.15) is 5.10 Å². The first-order valence-electron chi connectivity index (χ1n) is 8.86. The molecule has 0 radical (unpaired) electrons. The van der Waals surface area contributed by atoms with Crippen molar-refractivity contribution in [2.75, 3.05) is 7.05 Å². The Morgan fingerprint density at radius 2 is 1.97 bits per heavy atom. The van der Waals surface area contributed by atoms with Gasteiger partial charge in [-0.15, -0.1) is 0 Å². The fraction of sp³-hybridized carbons (Fsp3) is 0.0500. The van der Waals surface area contributed by atoms with Crippen molar-refractivity contribution in [3.63, 3.8) is 0 Å². The van der Waals surface area contributed by atoms with Gasteiger partial charge in [0.15, 0.2) is 0 Å². The summed E-state index contributed by atoms with van der Waals surface area (Å²) in [7, 11) is 1.48. The van der Waals surface area contributed by atoms with Crippen molar-refractivity contribution in [2.24, 2.45) is 0 Å². The number of amides is 1. The van der Waals surface area contributed by atoms with Gasteiger partial charge in [-0.3, -0.25) is 14.9 Å². The Hall–Kier alpha value is -3.86. The van der Waals surface area contributed by atoms with Gasteiger partial charge >= 0.3 is 0 Å². The number of halogens is 2. The molecule has 0 fully saturated rings. The maximum Gasteiger partial charge on any atom is 0.285 e. The molecule has 0 saturated carbocycles. The topological polar surface area (TPSA) is 112 Å². The standard InChI is InChI=1S/C20H13BrFN5O4/c1-23-20(28)19-14-8-15(21)17(27(29)30)9-16(14)25-26(19)12-4-7-18(24-10-12)31-13-5-2-11(22)3-6-13/h2-10H,1H3,(H,23,28). The van der Waals surface area contributed by atoms with Crippen molar-refractivity contribution in [3.05, 3.63) is 80.8 Å². The normalized spacial score (nSPS) is 10.8. The third kappa shape index (κ3) is 3.94. The first-order valence-corrected chi connectivity index (χ1v) is 9.65. The third-order valence-electron chi connectivity index (χ3n) is 4.38. The van der Waals surface area contributed by atoms with Crippen LogP contribution in [-0.4, -0.2) is 32.6 Å². The van der Waals surface area contributed by atoms with Gasteiger partial charge in [0, 0.05) is 24.6 Å². The van der Waals surface area contributed by atoms with Crippen molar-refractivity contribution < 1.29 is 18.8 Å². The monoisotopic (exact) mass is 485 g/mol. The molecule has 31 heavy (non-hydrogen) atoms. The highest BCUT2D eigenvalue weighted by Crippen LogP contribution is 2.32. The van der Waals surface area contributed by atoms with Crippen LogP contribution in [-0.2, 0) is 0 Å². The van der Waals surface area contributed by atoms with E-state index >= 15 is 0 Å². The average molecular weight is 486 g/mol. The van der Waals surface area contributed by atoms with E-state index in [0.29, 0.717) is 16.8 Å². The van der Waals surface area contributed by atoms with Crippen molar-refractivity contribution in [1.29, 1.82) is 0 Å². The molecule has 0 aliphatic heterocycles. The first kappa shape index (κ1) is 20.4. The zero-order chi connectivity index (χ0) is 22.1. The summed E-state index contributed by atoms with van der Waals surface area (Å²) in [5.41, 5.74) is 0.754. The van der Waals surface area contributed by atoms with Crippen LogP contribution in [0.25, 0.3) is 16.6 Å². The number of aromatic nitrogens is 3. The van der Waals surface area contributed by atoms with E-state index in [9.17, 15) is 19.3 Å². The lowest BCUT2D eigenvalue weighted by Gasteiger charge is -2.08. The third-order valence-corrected chi connectivity index (χ3v) is 5.02. The molecular weight excluding hydrogens is 473 g/mol. The van der Waals surface area contributed by atoms with E-state index in [2.05, 4.69) is 31.3 Å². The highest BCUT2D eigenvalue weighted by molar-refractivity contribution is 9.10. The number of carbonyl (C=O) groups excluding carboxylic acids is 1. The maximum absolute atomic E-state index is 13.0. The molecule has 156 valence electrons. The number of hydrogen-bond acceptors (Lipinski definition) is 6. The summed E-state index contributed by atoms with van der Waals surface area (Å²) in [5.74, 6) is -0.133. The van der Waals surface area contributed by atoms with Crippen LogP contribution in [0.5, 0.6) is 11.6 Å². The van der Waals surface area contributed by atoms with Crippen LogP contribution in [0.1, 0.15) is 10.5 Å². The molecule has 2 heterocycles. The lowest BCUT2D eigenvalue weighted by molar-refractivity contribution is -0.385. The molecule has 4 rings (SSSR count). The molecule has 9 nitrogen and oxygen atoms in total. The van der Waals surface area contributed by atoms with Gasteiger partial charge in [0.25, 0.3) is 11.6 Å². The molecule has 0 unspecified atom stereocenters. The molecular formula is C20H13BrFN5O4. The van der Waals surface area contributed by atoms with Crippen LogP contribution in [0.2, 0.25) is 0 Å². The SMILES string of the molecule is CNC(=O)c1c2cc(Br)c([N+](=O)[O-])cc2nn1-c1ccc(Oc2ccc(F)cc2)nc1. The first-order chi connectivity index (χ1) is 14.9. The number of nitro benzene ring substituents is 1. The van der Waals surface area contributed by atoms with E-state index in [1.165, 1.54) is 54.3 Å². The smallest absolute Gasteiger partial charge is 0.285 e. The second kappa shape index (κ2) is 8.11. The average Bonchev–Trinajstić information content (AvgIpc) is 3.13. The second-order valence-electron chi connectivity index (χ2n) is 6.33. The lowest BCUT2D eigenvalue weighted by Crippen LogP contribution is -2.21. The van der Waals surface area contributed by atoms with Crippen LogP contribution in [0, 0.1) is 15.9 Å². The van der Waals surface area contributed by atoms with Crippen LogP contribution in [0.3, 0.4) is 0 Å². The summed E-state index contributed by atoms with van der Waals surface area (Å²) in [4.78, 5) is 27.5. The van der Waals surface area contributed by atoms with Crippen LogP contribution in [0.4, 0.5) is 10.1 Å². The Kier molecular flexibility index (Phi) is 5.34. The van der Waals surface area contributed by atoms with Crippen molar-refractivity contribution in [3.8, 4) is 17.3 Å². The molecule has 2 aromatic carbocycles. The molecule has 0 spiro atoms.